The zero-order valence-electron chi connectivity index (χ0n) is 15.5. The largest absolute Gasteiger partial charge is 0.467 e. The Balaban J connectivity index is 1.52. The van der Waals surface area contributed by atoms with Gasteiger partial charge in [-0.2, -0.15) is 0 Å². The summed E-state index contributed by atoms with van der Waals surface area (Å²) in [5.74, 6) is 0.872. The Hall–Kier alpha value is -2.57. The predicted molar refractivity (Wildman–Crippen MR) is 116 cm³/mol. The zero-order chi connectivity index (χ0) is 18.9. The minimum absolute atomic E-state index is 0.540. The van der Waals surface area contributed by atoms with Gasteiger partial charge in [-0.25, -0.2) is 4.98 Å². The van der Waals surface area contributed by atoms with Crippen LogP contribution < -0.4 is 0 Å². The molecule has 0 saturated heterocycles. The molecule has 28 heavy (non-hydrogen) atoms. The fourth-order valence-electron chi connectivity index (χ4n) is 3.39. The number of furan rings is 1. The molecule has 1 aromatic carbocycles. The third-order valence-corrected chi connectivity index (χ3v) is 6.76. The summed E-state index contributed by atoms with van der Waals surface area (Å²) in [7, 11) is 0. The first-order valence-corrected chi connectivity index (χ1v) is 10.9. The van der Waals surface area contributed by atoms with Gasteiger partial charge in [0.1, 0.15) is 10.8 Å². The number of thiophene rings is 1. The van der Waals surface area contributed by atoms with E-state index in [2.05, 4.69) is 53.6 Å². The van der Waals surface area contributed by atoms with Gasteiger partial charge >= 0.3 is 0 Å². The van der Waals surface area contributed by atoms with E-state index in [1.54, 1.807) is 29.4 Å². The molecular weight excluding hydrogens is 386 g/mol. The van der Waals surface area contributed by atoms with Gasteiger partial charge in [-0.3, -0.25) is 4.99 Å². The van der Waals surface area contributed by atoms with Crippen molar-refractivity contribution in [2.45, 2.75) is 31.6 Å². The topological polar surface area (TPSA) is 41.6 Å². The Morgan fingerprint density at radius 2 is 2.14 bits per heavy atom. The molecule has 0 saturated carbocycles. The molecule has 0 aliphatic carbocycles. The second kappa shape index (κ2) is 7.45. The number of benzene rings is 1. The van der Waals surface area contributed by atoms with Crippen LogP contribution in [-0.4, -0.2) is 15.1 Å². The molecule has 3 aromatic heterocycles. The van der Waals surface area contributed by atoms with Crippen LogP contribution in [0.5, 0.6) is 0 Å². The molecule has 0 unspecified atom stereocenters. The molecule has 1 aliphatic heterocycles. The molecule has 0 radical (unpaired) electrons. The highest BCUT2D eigenvalue weighted by atomic mass is 32.2. The molecule has 0 bridgehead atoms. The number of aryl methyl sites for hydroxylation is 1. The lowest BCUT2D eigenvalue weighted by Gasteiger charge is -2.30. The Morgan fingerprint density at radius 3 is 2.96 bits per heavy atom. The first kappa shape index (κ1) is 17.5. The van der Waals surface area contributed by atoms with Gasteiger partial charge in [0, 0.05) is 22.4 Å². The Bertz CT molecular complexity index is 1130. The van der Waals surface area contributed by atoms with E-state index in [9.17, 15) is 0 Å². The SMILES string of the molecule is Cc1cccc2cc3c(nc12)SC(=NCc1ccco1)N(Cc1cccs1)C3. The predicted octanol–water partition coefficient (Wildman–Crippen LogP) is 5.86. The van der Waals surface area contributed by atoms with E-state index in [0.717, 1.165) is 34.6 Å². The smallest absolute Gasteiger partial charge is 0.166 e. The van der Waals surface area contributed by atoms with Crippen molar-refractivity contribution in [3.8, 4) is 0 Å². The number of aromatic nitrogens is 1. The lowest BCUT2D eigenvalue weighted by atomic mass is 10.1. The molecule has 0 amide bonds. The van der Waals surface area contributed by atoms with E-state index in [1.807, 2.05) is 12.1 Å². The van der Waals surface area contributed by atoms with Gasteiger partial charge in [-0.15, -0.1) is 11.3 Å². The molecule has 4 aromatic rings. The maximum Gasteiger partial charge on any atom is 0.166 e. The highest BCUT2D eigenvalue weighted by Gasteiger charge is 2.25. The van der Waals surface area contributed by atoms with E-state index in [0.29, 0.717) is 6.54 Å². The highest BCUT2D eigenvalue weighted by molar-refractivity contribution is 8.13. The van der Waals surface area contributed by atoms with Gasteiger partial charge in [-0.1, -0.05) is 24.3 Å². The number of rotatable bonds is 4. The van der Waals surface area contributed by atoms with Crippen LogP contribution in [-0.2, 0) is 19.6 Å². The lowest BCUT2D eigenvalue weighted by Crippen LogP contribution is -2.31. The van der Waals surface area contributed by atoms with Gasteiger partial charge in [0.2, 0.25) is 0 Å². The monoisotopic (exact) mass is 405 g/mol. The summed E-state index contributed by atoms with van der Waals surface area (Å²) in [5.41, 5.74) is 3.54. The zero-order valence-corrected chi connectivity index (χ0v) is 17.1. The van der Waals surface area contributed by atoms with Crippen molar-refractivity contribution < 1.29 is 4.42 Å². The summed E-state index contributed by atoms with van der Waals surface area (Å²) in [4.78, 5) is 13.5. The van der Waals surface area contributed by atoms with Crippen LogP contribution in [0.3, 0.4) is 0 Å². The summed E-state index contributed by atoms with van der Waals surface area (Å²) >= 11 is 3.44. The van der Waals surface area contributed by atoms with E-state index >= 15 is 0 Å². The molecule has 4 nitrogen and oxygen atoms in total. The second-order valence-electron chi connectivity index (χ2n) is 6.81. The van der Waals surface area contributed by atoms with Gasteiger partial charge in [-0.05, 0) is 53.9 Å². The average Bonchev–Trinajstić information content (AvgIpc) is 3.39. The van der Waals surface area contributed by atoms with Crippen molar-refractivity contribution in [3.05, 3.63) is 81.9 Å². The Kier molecular flexibility index (Phi) is 4.66. The third kappa shape index (κ3) is 3.45. The summed E-state index contributed by atoms with van der Waals surface area (Å²) in [6, 6.07) is 16.8. The number of amidine groups is 1. The van der Waals surface area contributed by atoms with E-state index < -0.39 is 0 Å². The number of pyridine rings is 1. The van der Waals surface area contributed by atoms with Crippen LogP contribution >= 0.6 is 23.1 Å². The first-order valence-electron chi connectivity index (χ1n) is 9.17. The van der Waals surface area contributed by atoms with Crippen LogP contribution in [0, 0.1) is 6.92 Å². The van der Waals surface area contributed by atoms with Crippen molar-refractivity contribution in [2.75, 3.05) is 0 Å². The molecule has 5 rings (SSSR count). The number of nitrogens with zero attached hydrogens (tertiary/aromatic N) is 3. The fourth-order valence-corrected chi connectivity index (χ4v) is 5.07. The number of para-hydroxylation sites is 1. The first-order chi connectivity index (χ1) is 13.8. The molecule has 6 heteroatoms. The van der Waals surface area contributed by atoms with Gasteiger partial charge in [0.15, 0.2) is 5.17 Å². The molecule has 4 heterocycles. The standard InChI is InChI=1S/C22H19N3OS2/c1-15-5-2-6-16-11-17-13-25(14-19-8-4-10-27-19)22(28-21(17)24-20(15)16)23-12-18-7-3-9-26-18/h2-11H,12-14H2,1H3. The highest BCUT2D eigenvalue weighted by Crippen LogP contribution is 2.35. The van der Waals surface area contributed by atoms with Crippen molar-refractivity contribution in [2.24, 2.45) is 4.99 Å². The number of fused-ring (bicyclic) bond motifs is 2. The van der Waals surface area contributed by atoms with Crippen molar-refractivity contribution >= 4 is 39.2 Å². The summed E-state index contributed by atoms with van der Waals surface area (Å²) in [5, 5.41) is 5.38. The number of hydrogen-bond donors (Lipinski definition) is 0. The summed E-state index contributed by atoms with van der Waals surface area (Å²) < 4.78 is 5.46. The van der Waals surface area contributed by atoms with Gasteiger partial charge in [0.05, 0.1) is 24.9 Å². The van der Waals surface area contributed by atoms with Crippen LogP contribution in [0.1, 0.15) is 21.8 Å². The Morgan fingerprint density at radius 1 is 1.18 bits per heavy atom. The van der Waals surface area contributed by atoms with Crippen molar-refractivity contribution in [1.29, 1.82) is 0 Å². The number of thioether (sulfide) groups is 1. The molecule has 0 N–H and O–H groups in total. The normalized spacial score (nSPS) is 15.3. The molecule has 1 aliphatic rings. The number of aliphatic imine (C=N–C) groups is 1. The summed E-state index contributed by atoms with van der Waals surface area (Å²) in [6.45, 7) is 4.32. The average molecular weight is 406 g/mol. The molecule has 0 atom stereocenters. The van der Waals surface area contributed by atoms with Gasteiger partial charge in [0.25, 0.3) is 0 Å². The Labute approximate surface area is 171 Å². The second-order valence-corrected chi connectivity index (χ2v) is 8.80. The molecular formula is C22H19N3OS2. The van der Waals surface area contributed by atoms with Crippen LogP contribution in [0.4, 0.5) is 0 Å². The van der Waals surface area contributed by atoms with Crippen molar-refractivity contribution in [1.82, 2.24) is 9.88 Å². The minimum atomic E-state index is 0.540. The molecule has 0 fully saturated rings. The van der Waals surface area contributed by atoms with E-state index in [4.69, 9.17) is 14.4 Å². The maximum absolute atomic E-state index is 5.46. The third-order valence-electron chi connectivity index (χ3n) is 4.78. The molecule has 140 valence electrons. The quantitative estimate of drug-likeness (QED) is 0.426. The minimum Gasteiger partial charge on any atom is -0.467 e. The summed E-state index contributed by atoms with van der Waals surface area (Å²) in [6.07, 6.45) is 1.69. The van der Waals surface area contributed by atoms with Gasteiger partial charge < -0.3 is 9.32 Å². The lowest BCUT2D eigenvalue weighted by molar-refractivity contribution is 0.407. The van der Waals surface area contributed by atoms with Crippen molar-refractivity contribution in [3.63, 3.8) is 0 Å². The molecule has 0 spiro atoms. The fraction of sp³-hybridized carbons (Fsp3) is 0.182. The van der Waals surface area contributed by atoms with Crippen LogP contribution in [0.15, 0.2) is 74.6 Å². The number of hydrogen-bond acceptors (Lipinski definition) is 5. The van der Waals surface area contributed by atoms with Crippen LogP contribution in [0.2, 0.25) is 0 Å². The van der Waals surface area contributed by atoms with E-state index in [1.165, 1.54) is 21.4 Å². The maximum atomic E-state index is 5.46. The van der Waals surface area contributed by atoms with E-state index in [-0.39, 0.29) is 0 Å². The van der Waals surface area contributed by atoms with Crippen LogP contribution in [0.25, 0.3) is 10.9 Å².